The van der Waals surface area contributed by atoms with E-state index in [-0.39, 0.29) is 12.5 Å². The third-order valence-corrected chi connectivity index (χ3v) is 3.45. The first kappa shape index (κ1) is 14.0. The molecule has 0 unspecified atom stereocenters. The largest absolute Gasteiger partial charge is 0.375 e. The van der Waals surface area contributed by atoms with Crippen LogP contribution in [0.4, 0.5) is 0 Å². The van der Waals surface area contributed by atoms with E-state index in [4.69, 9.17) is 4.74 Å². The van der Waals surface area contributed by atoms with E-state index in [1.807, 2.05) is 18.0 Å². The predicted octanol–water partition coefficient (Wildman–Crippen LogP) is 0.445. The molecule has 6 heteroatoms. The first-order chi connectivity index (χ1) is 9.19. The van der Waals surface area contributed by atoms with Crippen LogP contribution < -0.4 is 5.32 Å². The molecule has 1 fully saturated rings. The summed E-state index contributed by atoms with van der Waals surface area (Å²) in [5.41, 5.74) is 1.11. The lowest BCUT2D eigenvalue weighted by Gasteiger charge is -2.32. The summed E-state index contributed by atoms with van der Waals surface area (Å²) in [7, 11) is 1.55. The number of hydrogen-bond donors (Lipinski definition) is 2. The Morgan fingerprint density at radius 1 is 1.58 bits per heavy atom. The van der Waals surface area contributed by atoms with Crippen LogP contribution >= 0.6 is 0 Å². The second kappa shape index (κ2) is 6.68. The summed E-state index contributed by atoms with van der Waals surface area (Å²) in [5, 5.41) is 3.50. The molecule has 0 radical (unpaired) electrons. The van der Waals surface area contributed by atoms with Gasteiger partial charge in [0.1, 0.15) is 12.4 Å². The van der Waals surface area contributed by atoms with E-state index in [0.29, 0.717) is 6.04 Å². The zero-order chi connectivity index (χ0) is 13.7. The average molecular weight is 266 g/mol. The van der Waals surface area contributed by atoms with Crippen molar-refractivity contribution in [1.82, 2.24) is 20.2 Å². The van der Waals surface area contributed by atoms with Crippen molar-refractivity contribution in [3.8, 4) is 0 Å². The minimum Gasteiger partial charge on any atom is -0.375 e. The third kappa shape index (κ3) is 4.04. The van der Waals surface area contributed by atoms with Crippen molar-refractivity contribution in [3.05, 3.63) is 17.7 Å². The monoisotopic (exact) mass is 266 g/mol. The maximum Gasteiger partial charge on any atom is 0.248 e. The van der Waals surface area contributed by atoms with Gasteiger partial charge in [-0.3, -0.25) is 4.79 Å². The number of rotatable bonds is 5. The fourth-order valence-corrected chi connectivity index (χ4v) is 2.36. The Kier molecular flexibility index (Phi) is 4.93. The average Bonchev–Trinajstić information content (AvgIpc) is 2.83. The Morgan fingerprint density at radius 3 is 2.89 bits per heavy atom. The second-order valence-corrected chi connectivity index (χ2v) is 4.96. The van der Waals surface area contributed by atoms with Crippen LogP contribution in [-0.4, -0.2) is 53.6 Å². The summed E-state index contributed by atoms with van der Waals surface area (Å²) in [6.07, 6.45) is 3.84. The molecule has 2 heterocycles. The molecule has 2 N–H and O–H groups in total. The van der Waals surface area contributed by atoms with Crippen molar-refractivity contribution in [2.24, 2.45) is 0 Å². The fourth-order valence-electron chi connectivity index (χ4n) is 2.36. The van der Waals surface area contributed by atoms with Crippen molar-refractivity contribution in [3.63, 3.8) is 0 Å². The molecule has 1 aliphatic rings. The normalized spacial score (nSPS) is 16.8. The zero-order valence-corrected chi connectivity index (χ0v) is 11.6. The highest BCUT2D eigenvalue weighted by molar-refractivity contribution is 5.77. The molecule has 1 amide bonds. The summed E-state index contributed by atoms with van der Waals surface area (Å²) < 4.78 is 4.87. The first-order valence-electron chi connectivity index (χ1n) is 6.69. The molecule has 1 aliphatic heterocycles. The maximum atomic E-state index is 11.7. The number of carbonyl (C=O) groups excluding carboxylic acids is 1. The number of ether oxygens (including phenoxy) is 1. The fraction of sp³-hybridized carbons (Fsp3) is 0.692. The Morgan fingerprint density at radius 2 is 2.32 bits per heavy atom. The third-order valence-electron chi connectivity index (χ3n) is 3.45. The van der Waals surface area contributed by atoms with Crippen LogP contribution in [-0.2, 0) is 16.1 Å². The van der Waals surface area contributed by atoms with Crippen molar-refractivity contribution in [2.75, 3.05) is 26.8 Å². The number of aromatic nitrogens is 2. The lowest BCUT2D eigenvalue weighted by Crippen LogP contribution is -2.45. The van der Waals surface area contributed by atoms with Gasteiger partial charge in [-0.25, -0.2) is 4.98 Å². The molecule has 0 spiro atoms. The van der Waals surface area contributed by atoms with Crippen molar-refractivity contribution in [2.45, 2.75) is 32.4 Å². The molecule has 0 aliphatic carbocycles. The van der Waals surface area contributed by atoms with E-state index in [9.17, 15) is 4.79 Å². The number of nitrogens with one attached hydrogen (secondary N) is 2. The summed E-state index contributed by atoms with van der Waals surface area (Å²) in [4.78, 5) is 20.9. The maximum absolute atomic E-state index is 11.7. The predicted molar refractivity (Wildman–Crippen MR) is 71.6 cm³/mol. The van der Waals surface area contributed by atoms with E-state index in [2.05, 4.69) is 15.3 Å². The van der Waals surface area contributed by atoms with Crippen molar-refractivity contribution >= 4 is 5.91 Å². The summed E-state index contributed by atoms with van der Waals surface area (Å²) in [6.45, 7) is 4.55. The highest BCUT2D eigenvalue weighted by Gasteiger charge is 2.22. The van der Waals surface area contributed by atoms with Gasteiger partial charge in [-0.05, 0) is 19.8 Å². The molecule has 1 aromatic heterocycles. The summed E-state index contributed by atoms with van der Waals surface area (Å²) in [5.74, 6) is 1.03. The van der Waals surface area contributed by atoms with Crippen LogP contribution in [0.3, 0.4) is 0 Å². The molecular weight excluding hydrogens is 244 g/mol. The highest BCUT2D eigenvalue weighted by Crippen LogP contribution is 2.11. The van der Waals surface area contributed by atoms with Crippen LogP contribution in [0.5, 0.6) is 0 Å². The van der Waals surface area contributed by atoms with Gasteiger partial charge in [-0.1, -0.05) is 0 Å². The Balaban J connectivity index is 1.70. The molecular formula is C13H22N4O2. The molecule has 1 aromatic rings. The number of hydrogen-bond acceptors (Lipinski definition) is 4. The number of carbonyl (C=O) groups is 1. The number of nitrogens with zero attached hydrogens (tertiary/aromatic N) is 2. The van der Waals surface area contributed by atoms with Crippen LogP contribution in [0.2, 0.25) is 0 Å². The molecule has 0 aromatic carbocycles. The lowest BCUT2D eigenvalue weighted by molar-refractivity contribution is -0.136. The van der Waals surface area contributed by atoms with Crippen molar-refractivity contribution < 1.29 is 9.53 Å². The zero-order valence-electron chi connectivity index (χ0n) is 11.6. The van der Waals surface area contributed by atoms with Gasteiger partial charge in [-0.2, -0.15) is 0 Å². The quantitative estimate of drug-likeness (QED) is 0.811. The summed E-state index contributed by atoms with van der Waals surface area (Å²) in [6, 6.07) is 0.468. The molecule has 0 atom stereocenters. The van der Waals surface area contributed by atoms with Gasteiger partial charge in [0.2, 0.25) is 5.91 Å². The van der Waals surface area contributed by atoms with Gasteiger partial charge in [0.05, 0.1) is 0 Å². The molecule has 0 bridgehead atoms. The second-order valence-electron chi connectivity index (χ2n) is 4.96. The van der Waals surface area contributed by atoms with Gasteiger partial charge in [0, 0.05) is 44.7 Å². The van der Waals surface area contributed by atoms with Crippen LogP contribution in [0.15, 0.2) is 6.20 Å². The van der Waals surface area contributed by atoms with Gasteiger partial charge in [-0.15, -0.1) is 0 Å². The minimum atomic E-state index is 0.0881. The SMILES string of the molecule is COCC(=O)N1CCC(NCc2cnc(C)[nH]2)CC1. The molecule has 2 rings (SSSR count). The van der Waals surface area contributed by atoms with E-state index >= 15 is 0 Å². The van der Waals surface area contributed by atoms with Gasteiger partial charge >= 0.3 is 0 Å². The molecule has 6 nitrogen and oxygen atoms in total. The number of methoxy groups -OCH3 is 1. The van der Waals surface area contributed by atoms with Gasteiger partial charge in [0.25, 0.3) is 0 Å². The first-order valence-corrected chi connectivity index (χ1v) is 6.69. The van der Waals surface area contributed by atoms with E-state index in [0.717, 1.165) is 44.0 Å². The number of amides is 1. The van der Waals surface area contributed by atoms with Crippen molar-refractivity contribution in [1.29, 1.82) is 0 Å². The number of piperidine rings is 1. The Labute approximate surface area is 113 Å². The molecule has 0 saturated carbocycles. The Bertz CT molecular complexity index is 411. The van der Waals surface area contributed by atoms with Crippen LogP contribution in [0.1, 0.15) is 24.4 Å². The minimum absolute atomic E-state index is 0.0881. The van der Waals surface area contributed by atoms with Gasteiger partial charge < -0.3 is 19.9 Å². The van der Waals surface area contributed by atoms with E-state index in [1.165, 1.54) is 0 Å². The number of aryl methyl sites for hydroxylation is 1. The number of imidazole rings is 1. The molecule has 19 heavy (non-hydrogen) atoms. The highest BCUT2D eigenvalue weighted by atomic mass is 16.5. The number of aromatic amines is 1. The summed E-state index contributed by atoms with van der Waals surface area (Å²) >= 11 is 0. The molecule has 1 saturated heterocycles. The smallest absolute Gasteiger partial charge is 0.248 e. The van der Waals surface area contributed by atoms with E-state index in [1.54, 1.807) is 7.11 Å². The standard InChI is InChI=1S/C13H22N4O2/c1-10-14-7-12(16-10)8-15-11-3-5-17(6-4-11)13(18)9-19-2/h7,11,15H,3-6,8-9H2,1-2H3,(H,14,16). The number of likely N-dealkylation sites (tertiary alicyclic amines) is 1. The number of H-pyrrole nitrogens is 1. The van der Waals surface area contributed by atoms with Gasteiger partial charge in [0.15, 0.2) is 0 Å². The van der Waals surface area contributed by atoms with Crippen LogP contribution in [0, 0.1) is 6.92 Å². The molecule has 106 valence electrons. The lowest BCUT2D eigenvalue weighted by atomic mass is 10.0. The Hall–Kier alpha value is -1.40. The topological polar surface area (TPSA) is 70.2 Å². The van der Waals surface area contributed by atoms with E-state index < -0.39 is 0 Å². The van der Waals surface area contributed by atoms with Crippen LogP contribution in [0.25, 0.3) is 0 Å².